The summed E-state index contributed by atoms with van der Waals surface area (Å²) in [6.45, 7) is 0.875. The molecule has 3 nitrogen and oxygen atoms in total. The summed E-state index contributed by atoms with van der Waals surface area (Å²) in [6, 6.07) is 0. The summed E-state index contributed by atoms with van der Waals surface area (Å²) in [6.07, 6.45) is 3.87. The van der Waals surface area contributed by atoms with E-state index in [1.165, 1.54) is 0 Å². The maximum Gasteiger partial charge on any atom is 0.195 e. The van der Waals surface area contributed by atoms with Crippen LogP contribution in [0.15, 0.2) is 17.3 Å². The van der Waals surface area contributed by atoms with Crippen molar-refractivity contribution in [3.05, 3.63) is 12.3 Å². The number of hydrogen-bond acceptors (Lipinski definition) is 1. The molecular formula is C5H9N3. The van der Waals surface area contributed by atoms with Crippen LogP contribution in [0.5, 0.6) is 0 Å². The molecular weight excluding hydrogens is 102 g/mol. The third-order valence-electron chi connectivity index (χ3n) is 0.949. The fraction of sp³-hybridized carbons (Fsp3) is 0.400. The lowest BCUT2D eigenvalue weighted by atomic mass is 10.5. The van der Waals surface area contributed by atoms with Gasteiger partial charge in [0.25, 0.3) is 0 Å². The maximum atomic E-state index is 3.89. The summed E-state index contributed by atoms with van der Waals surface area (Å²) in [5, 5.41) is 5.95. The van der Waals surface area contributed by atoms with Crippen LogP contribution in [-0.2, 0) is 0 Å². The van der Waals surface area contributed by atoms with E-state index >= 15 is 0 Å². The summed E-state index contributed by atoms with van der Waals surface area (Å²) >= 11 is 0. The first-order valence-electron chi connectivity index (χ1n) is 2.55. The third kappa shape index (κ3) is 0.992. The van der Waals surface area contributed by atoms with Gasteiger partial charge >= 0.3 is 0 Å². The first kappa shape index (κ1) is 5.15. The minimum Gasteiger partial charge on any atom is -0.353 e. The van der Waals surface area contributed by atoms with E-state index in [-0.39, 0.29) is 0 Å². The second-order valence-electron chi connectivity index (χ2n) is 1.50. The molecule has 1 aliphatic heterocycles. The highest BCUT2D eigenvalue weighted by molar-refractivity contribution is 5.81. The Hall–Kier alpha value is -0.990. The zero-order chi connectivity index (χ0) is 5.82. The zero-order valence-corrected chi connectivity index (χ0v) is 4.81. The molecule has 1 rings (SSSR count). The van der Waals surface area contributed by atoms with Gasteiger partial charge in [-0.1, -0.05) is 0 Å². The largest absolute Gasteiger partial charge is 0.353 e. The van der Waals surface area contributed by atoms with Crippen LogP contribution in [0.3, 0.4) is 0 Å². The molecule has 0 aromatic rings. The van der Waals surface area contributed by atoms with Gasteiger partial charge in [-0.05, 0) is 6.08 Å². The SMILES string of the molecule is C/N=C1\NC=CCN1. The van der Waals surface area contributed by atoms with Crippen LogP contribution in [0.2, 0.25) is 0 Å². The fourth-order valence-corrected chi connectivity index (χ4v) is 0.547. The quantitative estimate of drug-likeness (QED) is 0.449. The van der Waals surface area contributed by atoms with E-state index < -0.39 is 0 Å². The number of aliphatic imine (C=N–C) groups is 1. The molecule has 0 saturated carbocycles. The van der Waals surface area contributed by atoms with Gasteiger partial charge in [0.1, 0.15) is 0 Å². The molecule has 3 heteroatoms. The molecule has 0 bridgehead atoms. The minimum absolute atomic E-state index is 0.840. The van der Waals surface area contributed by atoms with Gasteiger partial charge < -0.3 is 10.6 Å². The molecule has 0 fully saturated rings. The average molecular weight is 111 g/mol. The van der Waals surface area contributed by atoms with Gasteiger partial charge in [-0.25, -0.2) is 0 Å². The van der Waals surface area contributed by atoms with Crippen molar-refractivity contribution in [3.8, 4) is 0 Å². The Balaban J connectivity index is 2.50. The first-order valence-corrected chi connectivity index (χ1v) is 2.55. The second kappa shape index (κ2) is 2.35. The first-order chi connectivity index (χ1) is 3.93. The summed E-state index contributed by atoms with van der Waals surface area (Å²) in [4.78, 5) is 3.89. The van der Waals surface area contributed by atoms with Gasteiger partial charge in [0.05, 0.1) is 0 Å². The van der Waals surface area contributed by atoms with E-state index in [9.17, 15) is 0 Å². The molecule has 0 saturated heterocycles. The van der Waals surface area contributed by atoms with Crippen molar-refractivity contribution in [2.75, 3.05) is 13.6 Å². The number of nitrogens with one attached hydrogen (secondary N) is 2. The van der Waals surface area contributed by atoms with Crippen LogP contribution in [0.25, 0.3) is 0 Å². The fourth-order valence-electron chi connectivity index (χ4n) is 0.547. The van der Waals surface area contributed by atoms with Gasteiger partial charge in [0, 0.05) is 19.8 Å². The van der Waals surface area contributed by atoms with Crippen molar-refractivity contribution >= 4 is 5.96 Å². The van der Waals surface area contributed by atoms with Crippen molar-refractivity contribution < 1.29 is 0 Å². The van der Waals surface area contributed by atoms with Gasteiger partial charge in [0.2, 0.25) is 0 Å². The molecule has 1 heterocycles. The van der Waals surface area contributed by atoms with E-state index in [2.05, 4.69) is 15.6 Å². The van der Waals surface area contributed by atoms with Crippen molar-refractivity contribution in [1.82, 2.24) is 10.6 Å². The van der Waals surface area contributed by atoms with E-state index in [0.717, 1.165) is 12.5 Å². The lowest BCUT2D eigenvalue weighted by Crippen LogP contribution is -2.37. The monoisotopic (exact) mass is 111 g/mol. The Bertz CT molecular complexity index is 126. The molecule has 0 radical (unpaired) electrons. The topological polar surface area (TPSA) is 36.4 Å². The predicted molar refractivity (Wildman–Crippen MR) is 33.6 cm³/mol. The molecule has 44 valence electrons. The standard InChI is InChI=1S/C5H9N3/c1-6-5-7-3-2-4-8-5/h2-3H,4H2,1H3,(H2,6,7,8). The van der Waals surface area contributed by atoms with E-state index in [4.69, 9.17) is 0 Å². The number of nitrogens with zero attached hydrogens (tertiary/aromatic N) is 1. The highest BCUT2D eigenvalue weighted by atomic mass is 15.2. The third-order valence-corrected chi connectivity index (χ3v) is 0.949. The van der Waals surface area contributed by atoms with Gasteiger partial charge in [-0.2, -0.15) is 0 Å². The minimum atomic E-state index is 0.840. The normalized spacial score (nSPS) is 22.4. The Labute approximate surface area is 48.5 Å². The van der Waals surface area contributed by atoms with Crippen LogP contribution < -0.4 is 10.6 Å². The van der Waals surface area contributed by atoms with Crippen molar-refractivity contribution in [3.63, 3.8) is 0 Å². The second-order valence-corrected chi connectivity index (χ2v) is 1.50. The molecule has 0 atom stereocenters. The van der Waals surface area contributed by atoms with Gasteiger partial charge in [0.15, 0.2) is 5.96 Å². The lowest BCUT2D eigenvalue weighted by Gasteiger charge is -2.10. The van der Waals surface area contributed by atoms with E-state index in [1.807, 2.05) is 12.3 Å². The van der Waals surface area contributed by atoms with Crippen LogP contribution in [0.1, 0.15) is 0 Å². The Morgan fingerprint density at radius 1 is 1.75 bits per heavy atom. The smallest absolute Gasteiger partial charge is 0.195 e. The highest BCUT2D eigenvalue weighted by Gasteiger charge is 1.93. The molecule has 0 aliphatic carbocycles. The number of rotatable bonds is 0. The Kier molecular flexibility index (Phi) is 1.51. The molecule has 1 aliphatic rings. The number of guanidine groups is 1. The Morgan fingerprint density at radius 3 is 3.00 bits per heavy atom. The van der Waals surface area contributed by atoms with Crippen molar-refractivity contribution in [1.29, 1.82) is 0 Å². The molecule has 2 N–H and O–H groups in total. The summed E-state index contributed by atoms with van der Waals surface area (Å²) < 4.78 is 0. The van der Waals surface area contributed by atoms with Crippen LogP contribution >= 0.6 is 0 Å². The lowest BCUT2D eigenvalue weighted by molar-refractivity contribution is 0.932. The predicted octanol–water partition coefficient (Wildman–Crippen LogP) is -0.321. The highest BCUT2D eigenvalue weighted by Crippen LogP contribution is 1.75. The van der Waals surface area contributed by atoms with E-state index in [0.29, 0.717) is 0 Å². The maximum absolute atomic E-state index is 3.89. The van der Waals surface area contributed by atoms with Crippen LogP contribution in [0.4, 0.5) is 0 Å². The molecule has 0 aromatic carbocycles. The summed E-state index contributed by atoms with van der Waals surface area (Å²) in [7, 11) is 1.74. The van der Waals surface area contributed by atoms with Gasteiger partial charge in [-0.3, -0.25) is 4.99 Å². The van der Waals surface area contributed by atoms with E-state index in [1.54, 1.807) is 7.05 Å². The zero-order valence-electron chi connectivity index (χ0n) is 4.81. The van der Waals surface area contributed by atoms with Gasteiger partial charge in [-0.15, -0.1) is 0 Å². The molecule has 0 aromatic heterocycles. The average Bonchev–Trinajstić information content (AvgIpc) is 1.90. The molecule has 8 heavy (non-hydrogen) atoms. The van der Waals surface area contributed by atoms with Crippen molar-refractivity contribution in [2.45, 2.75) is 0 Å². The molecule has 0 amide bonds. The van der Waals surface area contributed by atoms with Crippen LogP contribution in [0, 0.1) is 0 Å². The molecule has 0 unspecified atom stereocenters. The summed E-state index contributed by atoms with van der Waals surface area (Å²) in [5.74, 6) is 0.840. The molecule has 0 spiro atoms. The van der Waals surface area contributed by atoms with Crippen LogP contribution in [-0.4, -0.2) is 19.6 Å². The van der Waals surface area contributed by atoms with Crippen molar-refractivity contribution in [2.24, 2.45) is 4.99 Å². The number of hydrogen-bond donors (Lipinski definition) is 2. The summed E-state index contributed by atoms with van der Waals surface area (Å²) in [5.41, 5.74) is 0. The Morgan fingerprint density at radius 2 is 2.62 bits per heavy atom.